The fraction of sp³-hybridized carbons (Fsp3) is 0.333. The van der Waals surface area contributed by atoms with Crippen molar-refractivity contribution in [2.75, 3.05) is 33.3 Å². The molecule has 0 bridgehead atoms. The number of aliphatic hydroxyl groups excluding tert-OH is 1. The number of fused-ring (bicyclic) bond motifs is 2. The lowest BCUT2D eigenvalue weighted by molar-refractivity contribution is -0.141. The molecule has 0 unspecified atom stereocenters. The van der Waals surface area contributed by atoms with Gasteiger partial charge in [-0.05, 0) is 61.6 Å². The Hall–Kier alpha value is -4.50. The van der Waals surface area contributed by atoms with Gasteiger partial charge in [-0.2, -0.15) is 5.26 Å². The zero-order valence-electron chi connectivity index (χ0n) is 27.9. The van der Waals surface area contributed by atoms with E-state index in [1.807, 2.05) is 42.5 Å². The predicted octanol–water partition coefficient (Wildman–Crippen LogP) is 7.37. The smallest absolute Gasteiger partial charge is 0.307 e. The molecule has 260 valence electrons. The first kappa shape index (κ1) is 33.6. The summed E-state index contributed by atoms with van der Waals surface area (Å²) >= 11 is 14.2. The van der Waals surface area contributed by atoms with Crippen molar-refractivity contribution in [3.8, 4) is 45.7 Å². The maximum absolute atomic E-state index is 11.6. The molecule has 2 N–H and O–H groups in total. The summed E-state index contributed by atoms with van der Waals surface area (Å²) in [5, 5.41) is 31.5. The zero-order valence-corrected chi connectivity index (χ0v) is 29.4. The van der Waals surface area contributed by atoms with Crippen LogP contribution in [0.15, 0.2) is 59.1 Å². The fourth-order valence-corrected chi connectivity index (χ4v) is 8.63. The number of ether oxygens (including phenoxy) is 1. The molecule has 0 saturated carbocycles. The van der Waals surface area contributed by atoms with Gasteiger partial charge in [-0.15, -0.1) is 0 Å². The van der Waals surface area contributed by atoms with Crippen LogP contribution < -0.4 is 4.74 Å². The average molecular weight is 725 g/mol. The molecule has 8 rings (SSSR count). The van der Waals surface area contributed by atoms with Crippen LogP contribution >= 0.6 is 23.2 Å². The summed E-state index contributed by atoms with van der Waals surface area (Å²) in [5.74, 6) is -0.187. The van der Waals surface area contributed by atoms with E-state index in [9.17, 15) is 20.3 Å². The monoisotopic (exact) mass is 723 g/mol. The highest BCUT2D eigenvalue weighted by Crippen LogP contribution is 2.46. The Balaban J connectivity index is 1.12. The van der Waals surface area contributed by atoms with Crippen LogP contribution in [0, 0.1) is 17.2 Å². The van der Waals surface area contributed by atoms with E-state index in [2.05, 4.69) is 26.9 Å². The number of rotatable bonds is 8. The number of likely N-dealkylation sites (tertiary alicyclic amines) is 2. The molecule has 2 fully saturated rings. The van der Waals surface area contributed by atoms with Crippen LogP contribution in [0.4, 0.5) is 0 Å². The van der Waals surface area contributed by atoms with Crippen molar-refractivity contribution in [2.45, 2.75) is 44.4 Å². The van der Waals surface area contributed by atoms with E-state index in [4.69, 9.17) is 37.3 Å². The van der Waals surface area contributed by atoms with Crippen molar-refractivity contribution in [3.63, 3.8) is 0 Å². The number of carboxylic acid groups (broad SMARTS) is 1. The third-order valence-electron chi connectivity index (χ3n) is 10.6. The van der Waals surface area contributed by atoms with Crippen molar-refractivity contribution in [1.29, 1.82) is 5.26 Å². The van der Waals surface area contributed by atoms with Crippen LogP contribution in [0.2, 0.25) is 10.0 Å². The average Bonchev–Trinajstić information content (AvgIpc) is 3.94. The number of aliphatic hydroxyl groups is 1. The largest absolute Gasteiger partial charge is 0.481 e. The number of hydrogen-bond acceptors (Lipinski definition) is 9. The first-order valence-electron chi connectivity index (χ1n) is 17.1. The number of methoxy groups -OCH3 is 1. The van der Waals surface area contributed by atoms with Gasteiger partial charge in [0.1, 0.15) is 17.5 Å². The van der Waals surface area contributed by atoms with E-state index < -0.39 is 5.97 Å². The normalized spacial score (nSPS) is 20.6. The van der Waals surface area contributed by atoms with E-state index >= 15 is 0 Å². The fourth-order valence-electron chi connectivity index (χ4n) is 7.98. The standard InChI is InChI=1S/C39H35Cl2N5O5/c1-50-38-32(20-45-12-11-23(47)19-45)43-17-31(44-38)27-6-2-4-25(35(27)40)26-5-3-7-28(36(26)41)34-15-22-14-29-24(30(16-42)37(22)51-34)8-9-33(29)46-13-10-21(18-46)39(48)49/h2-7,14-15,17,21,23,33,47H,8-13,18-20H2,1H3,(H,48,49)/t21-,23-,33-/m1/s1. The lowest BCUT2D eigenvalue weighted by atomic mass is 9.98. The number of aromatic nitrogens is 2. The molecular formula is C39H35Cl2N5O5. The lowest BCUT2D eigenvalue weighted by Crippen LogP contribution is -2.26. The highest BCUT2D eigenvalue weighted by Gasteiger charge is 2.37. The molecule has 10 nitrogen and oxygen atoms in total. The van der Waals surface area contributed by atoms with E-state index in [0.29, 0.717) is 92.5 Å². The van der Waals surface area contributed by atoms with Gasteiger partial charge in [0, 0.05) is 59.9 Å². The number of halogens is 2. The molecule has 3 aromatic carbocycles. The SMILES string of the molecule is COc1nc(-c2cccc(-c3cccc(-c4cc5cc6c(c(C#N)c5o4)CC[C@H]6N4CC[C@@H](C(=O)O)C4)c3Cl)c2Cl)cnc1CN1CC[C@@H](O)C1. The maximum atomic E-state index is 11.6. The number of nitrogens with zero attached hydrogens (tertiary/aromatic N) is 5. The van der Waals surface area contributed by atoms with Gasteiger partial charge in [-0.3, -0.25) is 19.6 Å². The number of aliphatic carboxylic acids is 1. The second-order valence-electron chi connectivity index (χ2n) is 13.6. The molecule has 2 saturated heterocycles. The summed E-state index contributed by atoms with van der Waals surface area (Å²) in [6, 6.07) is 17.8. The maximum Gasteiger partial charge on any atom is 0.307 e. The van der Waals surface area contributed by atoms with Crippen LogP contribution in [0.25, 0.3) is 44.7 Å². The van der Waals surface area contributed by atoms with Crippen molar-refractivity contribution in [1.82, 2.24) is 19.8 Å². The minimum atomic E-state index is -0.755. The van der Waals surface area contributed by atoms with Gasteiger partial charge in [0.05, 0.1) is 46.6 Å². The van der Waals surface area contributed by atoms with E-state index in [-0.39, 0.29) is 18.1 Å². The van der Waals surface area contributed by atoms with Gasteiger partial charge < -0.3 is 19.4 Å². The number of benzene rings is 3. The van der Waals surface area contributed by atoms with Crippen molar-refractivity contribution < 1.29 is 24.2 Å². The summed E-state index contributed by atoms with van der Waals surface area (Å²) in [6.07, 6.45) is 4.29. The molecule has 4 heterocycles. The molecular weight excluding hydrogens is 689 g/mol. The molecule has 2 aliphatic heterocycles. The van der Waals surface area contributed by atoms with E-state index in [1.54, 1.807) is 13.3 Å². The van der Waals surface area contributed by atoms with Gasteiger partial charge in [0.15, 0.2) is 5.58 Å². The van der Waals surface area contributed by atoms with Crippen LogP contribution in [0.5, 0.6) is 5.88 Å². The summed E-state index contributed by atoms with van der Waals surface area (Å²) in [4.78, 5) is 25.4. The Labute approximate surface area is 304 Å². The molecule has 3 aliphatic rings. The van der Waals surface area contributed by atoms with Crippen LogP contribution in [0.1, 0.15) is 47.7 Å². The minimum Gasteiger partial charge on any atom is -0.481 e. The molecule has 0 spiro atoms. The molecule has 3 atom stereocenters. The Kier molecular flexibility index (Phi) is 8.95. The third kappa shape index (κ3) is 6.03. The Bertz CT molecular complexity index is 2230. The second kappa shape index (κ2) is 13.6. The molecule has 1 aliphatic carbocycles. The number of hydrogen-bond donors (Lipinski definition) is 2. The van der Waals surface area contributed by atoms with Gasteiger partial charge in [-0.1, -0.05) is 53.5 Å². The van der Waals surface area contributed by atoms with Crippen LogP contribution in [-0.4, -0.2) is 75.3 Å². The Morgan fingerprint density at radius 3 is 2.47 bits per heavy atom. The molecule has 0 radical (unpaired) electrons. The van der Waals surface area contributed by atoms with Crippen molar-refractivity contribution in [2.24, 2.45) is 5.92 Å². The topological polar surface area (TPSA) is 136 Å². The number of carboxylic acids is 1. The zero-order chi connectivity index (χ0) is 35.4. The summed E-state index contributed by atoms with van der Waals surface area (Å²) < 4.78 is 12.0. The molecule has 51 heavy (non-hydrogen) atoms. The molecule has 12 heteroatoms. The summed E-state index contributed by atoms with van der Waals surface area (Å²) in [7, 11) is 1.56. The van der Waals surface area contributed by atoms with Crippen molar-refractivity contribution in [3.05, 3.63) is 87.2 Å². The number of carbonyl (C=O) groups is 1. The quantitative estimate of drug-likeness (QED) is 0.167. The number of β-amino-alcohol motifs (C(OH)–C–C–N with tert-alkyl or cyclic N) is 1. The first-order chi connectivity index (χ1) is 24.7. The summed E-state index contributed by atoms with van der Waals surface area (Å²) in [6.45, 7) is 3.13. The molecule has 2 aromatic heterocycles. The summed E-state index contributed by atoms with van der Waals surface area (Å²) in [5.41, 5.74) is 7.07. The highest BCUT2D eigenvalue weighted by molar-refractivity contribution is 6.39. The van der Waals surface area contributed by atoms with Gasteiger partial charge in [-0.25, -0.2) is 4.98 Å². The third-order valence-corrected chi connectivity index (χ3v) is 11.4. The first-order valence-corrected chi connectivity index (χ1v) is 17.8. The Morgan fingerprint density at radius 1 is 1.04 bits per heavy atom. The highest BCUT2D eigenvalue weighted by atomic mass is 35.5. The molecule has 5 aromatic rings. The molecule has 0 amide bonds. The number of furan rings is 1. The minimum absolute atomic E-state index is 0.0699. The van der Waals surface area contributed by atoms with Gasteiger partial charge >= 0.3 is 5.97 Å². The van der Waals surface area contributed by atoms with E-state index in [0.717, 1.165) is 48.9 Å². The number of nitriles is 1. The van der Waals surface area contributed by atoms with Crippen LogP contribution in [0.3, 0.4) is 0 Å². The predicted molar refractivity (Wildman–Crippen MR) is 194 cm³/mol. The lowest BCUT2D eigenvalue weighted by Gasteiger charge is -2.24. The van der Waals surface area contributed by atoms with Crippen molar-refractivity contribution >= 4 is 40.1 Å². The van der Waals surface area contributed by atoms with Gasteiger partial charge in [0.25, 0.3) is 0 Å². The Morgan fingerprint density at radius 2 is 1.78 bits per heavy atom. The van der Waals surface area contributed by atoms with Crippen LogP contribution in [-0.2, 0) is 17.8 Å². The van der Waals surface area contributed by atoms with E-state index in [1.165, 1.54) is 0 Å². The second-order valence-corrected chi connectivity index (χ2v) is 14.3. The van der Waals surface area contributed by atoms with Gasteiger partial charge in [0.2, 0.25) is 5.88 Å².